The quantitative estimate of drug-likeness (QED) is 0.772. The highest BCUT2D eigenvalue weighted by molar-refractivity contribution is 6.31. The number of nitrogens with one attached hydrogen (secondary N) is 1. The summed E-state index contributed by atoms with van der Waals surface area (Å²) in [6.07, 6.45) is 1.12. The van der Waals surface area contributed by atoms with E-state index in [1.165, 1.54) is 7.11 Å². The van der Waals surface area contributed by atoms with Gasteiger partial charge >= 0.3 is 0 Å². The number of hydrogen-bond donors (Lipinski definition) is 2. The fraction of sp³-hybridized carbons (Fsp3) is 0.500. The first kappa shape index (κ1) is 12.9. The molecule has 16 heavy (non-hydrogen) atoms. The average Bonchev–Trinajstić information content (AvgIpc) is 2.26. The van der Waals surface area contributed by atoms with Gasteiger partial charge < -0.3 is 15.2 Å². The van der Waals surface area contributed by atoms with E-state index in [-0.39, 0.29) is 16.7 Å². The monoisotopic (exact) mass is 253 g/mol. The molecule has 0 aliphatic heterocycles. The molecule has 0 spiro atoms. The summed E-state index contributed by atoms with van der Waals surface area (Å²) in [6, 6.07) is 0. The third kappa shape index (κ3) is 3.14. The van der Waals surface area contributed by atoms with Crippen LogP contribution >= 0.6 is 11.6 Å². The van der Waals surface area contributed by atoms with Crippen LogP contribution < -0.4 is 10.1 Å². The molecule has 5 nitrogen and oxygen atoms in total. The van der Waals surface area contributed by atoms with Gasteiger partial charge in [-0.15, -0.1) is 0 Å². The molecule has 0 aliphatic carbocycles. The summed E-state index contributed by atoms with van der Waals surface area (Å²) in [5.41, 5.74) is 0. The van der Waals surface area contributed by atoms with E-state index in [2.05, 4.69) is 15.3 Å². The predicted molar refractivity (Wildman–Crippen MR) is 54.1 cm³/mol. The van der Waals surface area contributed by atoms with E-state index in [0.29, 0.717) is 0 Å². The maximum Gasteiger partial charge on any atom is 0.287 e. The van der Waals surface area contributed by atoms with Crippen LogP contribution in [0, 0.1) is 0 Å². The van der Waals surface area contributed by atoms with Gasteiger partial charge in [0, 0.05) is 0 Å². The Morgan fingerprint density at radius 2 is 2.25 bits per heavy atom. The summed E-state index contributed by atoms with van der Waals surface area (Å²) in [4.78, 5) is 7.33. The molecule has 0 aliphatic rings. The molecule has 0 unspecified atom stereocenters. The number of rotatable bonds is 5. The van der Waals surface area contributed by atoms with Crippen molar-refractivity contribution in [2.75, 3.05) is 25.6 Å². The smallest absolute Gasteiger partial charge is 0.287 e. The van der Waals surface area contributed by atoms with E-state index < -0.39 is 19.1 Å². The summed E-state index contributed by atoms with van der Waals surface area (Å²) >= 11 is 5.66. The molecule has 0 amide bonds. The van der Waals surface area contributed by atoms with Gasteiger partial charge in [0.2, 0.25) is 0 Å². The van der Waals surface area contributed by atoms with Crippen molar-refractivity contribution in [3.63, 3.8) is 0 Å². The molecule has 0 fully saturated rings. The van der Waals surface area contributed by atoms with Gasteiger partial charge in [0.25, 0.3) is 5.92 Å². The van der Waals surface area contributed by atoms with Gasteiger partial charge in [0.1, 0.15) is 12.9 Å². The lowest BCUT2D eigenvalue weighted by atomic mass is 10.3. The van der Waals surface area contributed by atoms with Crippen LogP contribution in [0.3, 0.4) is 0 Å². The summed E-state index contributed by atoms with van der Waals surface area (Å²) in [5.74, 6) is -3.10. The zero-order chi connectivity index (χ0) is 12.2. The van der Waals surface area contributed by atoms with Crippen LogP contribution in [0.1, 0.15) is 0 Å². The van der Waals surface area contributed by atoms with Crippen molar-refractivity contribution in [3.05, 3.63) is 11.5 Å². The van der Waals surface area contributed by atoms with E-state index in [4.69, 9.17) is 21.4 Å². The Balaban J connectivity index is 2.78. The third-order valence-corrected chi connectivity index (χ3v) is 1.98. The highest BCUT2D eigenvalue weighted by atomic mass is 35.5. The van der Waals surface area contributed by atoms with E-state index in [9.17, 15) is 8.78 Å². The maximum atomic E-state index is 12.7. The number of aliphatic hydroxyl groups is 1. The predicted octanol–water partition coefficient (Wildman–Crippen LogP) is 1.18. The first-order valence-electron chi connectivity index (χ1n) is 4.27. The standard InChI is InChI=1S/C8H10ClF2N3O2/c1-16-5-6(9)13-4-14-7(5)12-2-8(10,11)3-15/h4,15H,2-3H2,1H3,(H,12,13,14). The molecule has 0 saturated heterocycles. The van der Waals surface area contributed by atoms with Gasteiger partial charge in [0.15, 0.2) is 16.7 Å². The van der Waals surface area contributed by atoms with Crippen molar-refractivity contribution >= 4 is 17.4 Å². The lowest BCUT2D eigenvalue weighted by Gasteiger charge is -2.15. The molecule has 0 bridgehead atoms. The second-order valence-electron chi connectivity index (χ2n) is 2.91. The SMILES string of the molecule is COc1c(Cl)ncnc1NCC(F)(F)CO. The van der Waals surface area contributed by atoms with Gasteiger partial charge in [-0.2, -0.15) is 0 Å². The molecule has 0 atom stereocenters. The van der Waals surface area contributed by atoms with Crippen molar-refractivity contribution in [1.82, 2.24) is 9.97 Å². The Hall–Kier alpha value is -1.21. The van der Waals surface area contributed by atoms with Gasteiger partial charge in [-0.1, -0.05) is 11.6 Å². The third-order valence-electron chi connectivity index (χ3n) is 1.71. The molecule has 2 N–H and O–H groups in total. The zero-order valence-electron chi connectivity index (χ0n) is 8.38. The molecular weight excluding hydrogens is 244 g/mol. The van der Waals surface area contributed by atoms with Gasteiger partial charge in [0.05, 0.1) is 13.7 Å². The Kier molecular flexibility index (Phi) is 4.19. The Morgan fingerprint density at radius 1 is 1.56 bits per heavy atom. The molecule has 0 saturated carbocycles. The highest BCUT2D eigenvalue weighted by Crippen LogP contribution is 2.28. The molecule has 1 aromatic rings. The summed E-state index contributed by atoms with van der Waals surface area (Å²) in [5, 5.41) is 10.7. The fourth-order valence-electron chi connectivity index (χ4n) is 0.928. The number of aliphatic hydroxyl groups excluding tert-OH is 1. The maximum absolute atomic E-state index is 12.7. The van der Waals surface area contributed by atoms with E-state index in [0.717, 1.165) is 6.33 Å². The van der Waals surface area contributed by atoms with Gasteiger partial charge in [-0.05, 0) is 0 Å². The van der Waals surface area contributed by atoms with Gasteiger partial charge in [-0.25, -0.2) is 18.7 Å². The van der Waals surface area contributed by atoms with Crippen LogP contribution in [-0.4, -0.2) is 41.3 Å². The topological polar surface area (TPSA) is 67.3 Å². The number of hydrogen-bond acceptors (Lipinski definition) is 5. The summed E-state index contributed by atoms with van der Waals surface area (Å²) in [7, 11) is 1.32. The first-order valence-corrected chi connectivity index (χ1v) is 4.65. The minimum atomic E-state index is -3.23. The summed E-state index contributed by atoms with van der Waals surface area (Å²) in [6.45, 7) is -2.02. The van der Waals surface area contributed by atoms with E-state index in [1.54, 1.807) is 0 Å². The number of methoxy groups -OCH3 is 1. The molecule has 1 heterocycles. The lowest BCUT2D eigenvalue weighted by molar-refractivity contribution is -0.0373. The normalized spacial score (nSPS) is 11.3. The van der Waals surface area contributed by atoms with Crippen molar-refractivity contribution in [2.24, 2.45) is 0 Å². The average molecular weight is 254 g/mol. The van der Waals surface area contributed by atoms with Crippen LogP contribution in [0.15, 0.2) is 6.33 Å². The second-order valence-corrected chi connectivity index (χ2v) is 3.27. The number of nitrogens with zero attached hydrogens (tertiary/aromatic N) is 2. The molecule has 0 aromatic carbocycles. The van der Waals surface area contributed by atoms with Crippen LogP contribution in [0.2, 0.25) is 5.15 Å². The minimum absolute atomic E-state index is 0.0207. The number of halogens is 3. The fourth-order valence-corrected chi connectivity index (χ4v) is 1.14. The minimum Gasteiger partial charge on any atom is -0.490 e. The largest absolute Gasteiger partial charge is 0.490 e. The molecule has 1 aromatic heterocycles. The van der Waals surface area contributed by atoms with Crippen molar-refractivity contribution in [1.29, 1.82) is 0 Å². The van der Waals surface area contributed by atoms with Crippen LogP contribution in [0.5, 0.6) is 5.75 Å². The molecule has 90 valence electrons. The van der Waals surface area contributed by atoms with Crippen LogP contribution in [0.4, 0.5) is 14.6 Å². The molecule has 0 radical (unpaired) electrons. The number of anilines is 1. The molecule has 8 heteroatoms. The number of ether oxygens (including phenoxy) is 1. The van der Waals surface area contributed by atoms with Crippen molar-refractivity contribution < 1.29 is 18.6 Å². The molecular formula is C8H10ClF2N3O2. The number of alkyl halides is 2. The Bertz CT molecular complexity index is 365. The van der Waals surface area contributed by atoms with E-state index in [1.807, 2.05) is 0 Å². The van der Waals surface area contributed by atoms with Gasteiger partial charge in [-0.3, -0.25) is 0 Å². The highest BCUT2D eigenvalue weighted by Gasteiger charge is 2.28. The van der Waals surface area contributed by atoms with Crippen LogP contribution in [0.25, 0.3) is 0 Å². The summed E-state index contributed by atoms with van der Waals surface area (Å²) < 4.78 is 30.3. The molecule has 1 rings (SSSR count). The van der Waals surface area contributed by atoms with Crippen LogP contribution in [-0.2, 0) is 0 Å². The first-order chi connectivity index (χ1) is 7.50. The lowest BCUT2D eigenvalue weighted by Crippen LogP contribution is -2.31. The number of aromatic nitrogens is 2. The van der Waals surface area contributed by atoms with Crippen molar-refractivity contribution in [2.45, 2.75) is 5.92 Å². The Morgan fingerprint density at radius 3 is 2.81 bits per heavy atom. The van der Waals surface area contributed by atoms with Crippen molar-refractivity contribution in [3.8, 4) is 5.75 Å². The van der Waals surface area contributed by atoms with E-state index >= 15 is 0 Å². The second kappa shape index (κ2) is 5.22. The zero-order valence-corrected chi connectivity index (χ0v) is 9.13. The Labute approximate surface area is 95.4 Å².